The Kier molecular flexibility index (Phi) is 3.39. The van der Waals surface area contributed by atoms with Gasteiger partial charge in [0, 0.05) is 0 Å². The third-order valence-corrected chi connectivity index (χ3v) is 4.44. The lowest BCUT2D eigenvalue weighted by Crippen LogP contribution is -2.43. The van der Waals surface area contributed by atoms with E-state index in [0.717, 1.165) is 15.7 Å². The van der Waals surface area contributed by atoms with Gasteiger partial charge in [-0.3, -0.25) is 18.7 Å². The number of nitrogens with zero attached hydrogens (tertiary/aromatic N) is 2. The summed E-state index contributed by atoms with van der Waals surface area (Å²) < 4.78 is 2.45. The monoisotopic (exact) mass is 333 g/mol. The third-order valence-electron chi connectivity index (χ3n) is 4.44. The summed E-state index contributed by atoms with van der Waals surface area (Å²) in [6.45, 7) is -0.444. The molecule has 1 unspecified atom stereocenters. The van der Waals surface area contributed by atoms with Crippen LogP contribution in [0.2, 0.25) is 0 Å². The second-order valence-corrected chi connectivity index (χ2v) is 5.96. The average Bonchev–Trinajstić information content (AvgIpc) is 3.03. The van der Waals surface area contributed by atoms with Gasteiger partial charge in [0.15, 0.2) is 0 Å². The van der Waals surface area contributed by atoms with E-state index in [1.807, 2.05) is 36.4 Å². The van der Waals surface area contributed by atoms with Gasteiger partial charge in [-0.05, 0) is 23.3 Å². The van der Waals surface area contributed by atoms with Crippen molar-refractivity contribution in [2.24, 2.45) is 5.73 Å². The summed E-state index contributed by atoms with van der Waals surface area (Å²) in [6, 6.07) is 14.3. The van der Waals surface area contributed by atoms with E-state index in [2.05, 4.69) is 0 Å². The lowest BCUT2D eigenvalue weighted by atomic mass is 10.1. The predicted molar refractivity (Wildman–Crippen MR) is 95.3 cm³/mol. The molecule has 2 N–H and O–H groups in total. The van der Waals surface area contributed by atoms with Crippen LogP contribution in [0, 0.1) is 0 Å². The number of hydrogen-bond acceptors (Lipinski definition) is 3. The van der Waals surface area contributed by atoms with Crippen molar-refractivity contribution >= 4 is 22.9 Å². The third kappa shape index (κ3) is 2.30. The number of para-hydroxylation sites is 1. The molecular weight excluding hydrogens is 318 g/mol. The number of carbonyl (C=O) groups is 1. The minimum absolute atomic E-state index is 0.340. The molecule has 0 radical (unpaired) electrons. The first-order valence-corrected chi connectivity index (χ1v) is 7.87. The molecule has 0 fully saturated rings. The zero-order valence-corrected chi connectivity index (χ0v) is 13.3. The highest BCUT2D eigenvalue weighted by atomic mass is 16.2. The number of nitrogens with two attached hydrogens (primary N) is 1. The number of carbonyl (C=O) groups excluding carboxylic acids is 1. The van der Waals surface area contributed by atoms with E-state index in [4.69, 9.17) is 5.73 Å². The fourth-order valence-electron chi connectivity index (χ4n) is 3.35. The van der Waals surface area contributed by atoms with E-state index < -0.39 is 23.7 Å². The maximum absolute atomic E-state index is 13.0. The number of rotatable bonds is 3. The van der Waals surface area contributed by atoms with E-state index in [1.54, 1.807) is 28.8 Å². The summed E-state index contributed by atoms with van der Waals surface area (Å²) >= 11 is 0. The van der Waals surface area contributed by atoms with Crippen LogP contribution < -0.4 is 17.0 Å². The molecule has 0 saturated heterocycles. The Bertz CT molecular complexity index is 1150. The van der Waals surface area contributed by atoms with Crippen LogP contribution in [-0.4, -0.2) is 15.0 Å². The van der Waals surface area contributed by atoms with E-state index in [0.29, 0.717) is 10.9 Å². The zero-order chi connectivity index (χ0) is 17.6. The first-order chi connectivity index (χ1) is 12.1. The van der Waals surface area contributed by atoms with Gasteiger partial charge in [0.1, 0.15) is 6.54 Å². The van der Waals surface area contributed by atoms with Crippen molar-refractivity contribution in [2.75, 3.05) is 0 Å². The SMILES string of the molecule is NC(=O)Cn1c(=O)c2ccccc2n(C2C=Cc3ccccc32)c1=O. The lowest BCUT2D eigenvalue weighted by molar-refractivity contribution is -0.118. The molecule has 6 heteroatoms. The second-order valence-electron chi connectivity index (χ2n) is 5.96. The standard InChI is InChI=1S/C19H15N3O3/c20-17(23)11-21-18(24)14-7-3-4-8-15(14)22(19(21)25)16-10-9-12-5-1-2-6-13(12)16/h1-10,16H,11H2,(H2,20,23). The average molecular weight is 333 g/mol. The minimum Gasteiger partial charge on any atom is -0.368 e. The molecule has 0 bridgehead atoms. The van der Waals surface area contributed by atoms with E-state index in [1.165, 1.54) is 0 Å². The van der Waals surface area contributed by atoms with E-state index in [9.17, 15) is 14.4 Å². The predicted octanol–water partition coefficient (Wildman–Crippen LogP) is 1.26. The lowest BCUT2D eigenvalue weighted by Gasteiger charge is -2.19. The molecule has 0 spiro atoms. The number of primary amides is 1. The van der Waals surface area contributed by atoms with Gasteiger partial charge in [-0.25, -0.2) is 4.79 Å². The van der Waals surface area contributed by atoms with Crippen LogP contribution in [0.1, 0.15) is 17.2 Å². The molecule has 0 aliphatic heterocycles. The summed E-state index contributed by atoms with van der Waals surface area (Å²) in [5.41, 5.74) is 6.70. The molecular formula is C19H15N3O3. The Balaban J connectivity index is 2.08. The van der Waals surface area contributed by atoms with Crippen molar-refractivity contribution in [3.8, 4) is 0 Å². The van der Waals surface area contributed by atoms with Crippen molar-refractivity contribution in [1.29, 1.82) is 0 Å². The van der Waals surface area contributed by atoms with E-state index >= 15 is 0 Å². The van der Waals surface area contributed by atoms with Crippen LogP contribution in [0.5, 0.6) is 0 Å². The molecule has 6 nitrogen and oxygen atoms in total. The molecule has 1 atom stereocenters. The fraction of sp³-hybridized carbons (Fsp3) is 0.105. The molecule has 2 aromatic carbocycles. The molecule has 1 heterocycles. The summed E-state index contributed by atoms with van der Waals surface area (Å²) in [6.07, 6.45) is 3.86. The maximum atomic E-state index is 13.0. The van der Waals surface area contributed by atoms with Crippen molar-refractivity contribution in [2.45, 2.75) is 12.6 Å². The van der Waals surface area contributed by atoms with Crippen LogP contribution in [0.25, 0.3) is 17.0 Å². The number of hydrogen-bond donors (Lipinski definition) is 1. The molecule has 124 valence electrons. The highest BCUT2D eigenvalue weighted by Gasteiger charge is 2.24. The fourth-order valence-corrected chi connectivity index (χ4v) is 3.35. The normalized spacial score (nSPS) is 15.4. The van der Waals surface area contributed by atoms with Crippen LogP contribution >= 0.6 is 0 Å². The largest absolute Gasteiger partial charge is 0.368 e. The topological polar surface area (TPSA) is 87.1 Å². The number of benzene rings is 2. The first kappa shape index (κ1) is 15.1. The Labute approximate surface area is 142 Å². The minimum atomic E-state index is -0.733. The van der Waals surface area contributed by atoms with Gasteiger partial charge in [-0.2, -0.15) is 0 Å². The highest BCUT2D eigenvalue weighted by molar-refractivity contribution is 5.80. The van der Waals surface area contributed by atoms with Gasteiger partial charge in [0.2, 0.25) is 5.91 Å². The van der Waals surface area contributed by atoms with Crippen LogP contribution in [0.3, 0.4) is 0 Å². The van der Waals surface area contributed by atoms with Gasteiger partial charge in [0.25, 0.3) is 5.56 Å². The molecule has 1 aliphatic carbocycles. The summed E-state index contributed by atoms with van der Waals surface area (Å²) in [7, 11) is 0. The summed E-state index contributed by atoms with van der Waals surface area (Å²) in [4.78, 5) is 37.0. The van der Waals surface area contributed by atoms with Crippen molar-refractivity contribution < 1.29 is 4.79 Å². The Morgan fingerprint density at radius 2 is 1.76 bits per heavy atom. The zero-order valence-electron chi connectivity index (χ0n) is 13.3. The Hall–Kier alpha value is -3.41. The molecule has 1 aliphatic rings. The smallest absolute Gasteiger partial charge is 0.332 e. The highest BCUT2D eigenvalue weighted by Crippen LogP contribution is 2.31. The van der Waals surface area contributed by atoms with Gasteiger partial charge in [-0.15, -0.1) is 0 Å². The van der Waals surface area contributed by atoms with Crippen LogP contribution in [-0.2, 0) is 11.3 Å². The number of aromatic nitrogens is 2. The quantitative estimate of drug-likeness (QED) is 0.783. The number of allylic oxidation sites excluding steroid dienone is 1. The Morgan fingerprint density at radius 1 is 1.04 bits per heavy atom. The number of fused-ring (bicyclic) bond motifs is 2. The first-order valence-electron chi connectivity index (χ1n) is 7.87. The molecule has 3 aromatic rings. The summed E-state index contributed by atoms with van der Waals surface area (Å²) in [5.74, 6) is -0.733. The van der Waals surface area contributed by atoms with Crippen LogP contribution in [0.4, 0.5) is 0 Å². The second kappa shape index (κ2) is 5.59. The molecule has 4 rings (SSSR count). The van der Waals surface area contributed by atoms with Gasteiger partial charge in [0.05, 0.1) is 16.9 Å². The number of amides is 1. The molecule has 0 saturated carbocycles. The Morgan fingerprint density at radius 3 is 2.56 bits per heavy atom. The molecule has 1 amide bonds. The van der Waals surface area contributed by atoms with Crippen molar-refractivity contribution in [3.05, 3.63) is 86.6 Å². The van der Waals surface area contributed by atoms with E-state index in [-0.39, 0.29) is 6.04 Å². The maximum Gasteiger partial charge on any atom is 0.332 e. The van der Waals surface area contributed by atoms with Crippen LogP contribution in [0.15, 0.2) is 64.2 Å². The van der Waals surface area contributed by atoms with Gasteiger partial charge in [-0.1, -0.05) is 48.6 Å². The summed E-state index contributed by atoms with van der Waals surface area (Å²) in [5, 5.41) is 0.376. The van der Waals surface area contributed by atoms with Gasteiger partial charge < -0.3 is 5.73 Å². The van der Waals surface area contributed by atoms with Gasteiger partial charge >= 0.3 is 5.69 Å². The van der Waals surface area contributed by atoms with Crippen molar-refractivity contribution in [1.82, 2.24) is 9.13 Å². The molecule has 1 aromatic heterocycles. The molecule has 25 heavy (non-hydrogen) atoms. The van der Waals surface area contributed by atoms with Crippen molar-refractivity contribution in [3.63, 3.8) is 0 Å².